The zero-order valence-electron chi connectivity index (χ0n) is 13.7. The zero-order valence-corrected chi connectivity index (χ0v) is 13.7. The minimum Gasteiger partial charge on any atom is -0.493 e. The highest BCUT2D eigenvalue weighted by Crippen LogP contribution is 2.17. The Morgan fingerprint density at radius 3 is 2.58 bits per heavy atom. The maximum atomic E-state index is 12.1. The van der Waals surface area contributed by atoms with Gasteiger partial charge in [-0.2, -0.15) is 0 Å². The lowest BCUT2D eigenvalue weighted by Crippen LogP contribution is -2.33. The average Bonchev–Trinajstić information content (AvgIpc) is 2.66. The Kier molecular flexibility index (Phi) is 5.85. The Labute approximate surface area is 142 Å². The maximum Gasteiger partial charge on any atom is 0.338 e. The van der Waals surface area contributed by atoms with Gasteiger partial charge in [0.05, 0.1) is 12.2 Å². The van der Waals surface area contributed by atoms with Crippen LogP contribution in [0.15, 0.2) is 54.6 Å². The van der Waals surface area contributed by atoms with Crippen LogP contribution in [0.3, 0.4) is 0 Å². The van der Waals surface area contributed by atoms with Gasteiger partial charge in [-0.1, -0.05) is 30.3 Å². The fourth-order valence-corrected chi connectivity index (χ4v) is 2.77. The van der Waals surface area contributed by atoms with Gasteiger partial charge in [-0.25, -0.2) is 4.79 Å². The number of hydrogen-bond acceptors (Lipinski definition) is 4. The second kappa shape index (κ2) is 8.50. The van der Waals surface area contributed by atoms with Gasteiger partial charge < -0.3 is 14.8 Å². The first kappa shape index (κ1) is 16.5. The molecule has 3 rings (SSSR count). The van der Waals surface area contributed by atoms with Crippen molar-refractivity contribution in [2.24, 2.45) is 5.92 Å². The van der Waals surface area contributed by atoms with Crippen molar-refractivity contribution in [3.05, 3.63) is 65.7 Å². The van der Waals surface area contributed by atoms with Crippen LogP contribution in [0.2, 0.25) is 0 Å². The van der Waals surface area contributed by atoms with Crippen LogP contribution in [-0.4, -0.2) is 25.7 Å². The van der Waals surface area contributed by atoms with Crippen LogP contribution in [0.4, 0.5) is 0 Å². The van der Waals surface area contributed by atoms with Gasteiger partial charge in [-0.3, -0.25) is 0 Å². The highest BCUT2D eigenvalue weighted by molar-refractivity contribution is 5.89. The normalized spacial score (nSPS) is 17.2. The first-order valence-corrected chi connectivity index (χ1v) is 8.46. The van der Waals surface area contributed by atoms with Gasteiger partial charge in [0.25, 0.3) is 0 Å². The molecule has 0 spiro atoms. The van der Waals surface area contributed by atoms with Gasteiger partial charge in [0.1, 0.15) is 12.4 Å². The van der Waals surface area contributed by atoms with Crippen LogP contribution in [0.1, 0.15) is 28.8 Å². The van der Waals surface area contributed by atoms with Crippen molar-refractivity contribution in [2.45, 2.75) is 19.4 Å². The number of piperidine rings is 1. The van der Waals surface area contributed by atoms with E-state index in [-0.39, 0.29) is 12.6 Å². The van der Waals surface area contributed by atoms with E-state index >= 15 is 0 Å². The predicted octanol–water partition coefficient (Wildman–Crippen LogP) is 3.42. The van der Waals surface area contributed by atoms with Gasteiger partial charge in [0.15, 0.2) is 0 Å². The molecule has 126 valence electrons. The van der Waals surface area contributed by atoms with Crippen molar-refractivity contribution in [3.8, 4) is 5.75 Å². The highest BCUT2D eigenvalue weighted by Gasteiger charge is 2.14. The van der Waals surface area contributed by atoms with Gasteiger partial charge in [0, 0.05) is 12.5 Å². The molecule has 1 atom stereocenters. The number of carbonyl (C=O) groups is 1. The van der Waals surface area contributed by atoms with E-state index in [0.29, 0.717) is 18.1 Å². The van der Waals surface area contributed by atoms with Crippen LogP contribution in [0, 0.1) is 5.92 Å². The minimum absolute atomic E-state index is 0.284. The molecule has 0 saturated carbocycles. The topological polar surface area (TPSA) is 47.6 Å². The third-order valence-corrected chi connectivity index (χ3v) is 4.19. The fourth-order valence-electron chi connectivity index (χ4n) is 2.77. The number of ether oxygens (including phenoxy) is 2. The SMILES string of the molecule is O=C(OCc1ccccc1)c1ccc(OC[C@@H]2CCCNC2)cc1. The molecule has 4 nitrogen and oxygen atoms in total. The molecule has 2 aromatic rings. The predicted molar refractivity (Wildman–Crippen MR) is 93.1 cm³/mol. The molecule has 0 radical (unpaired) electrons. The summed E-state index contributed by atoms with van der Waals surface area (Å²) in [6, 6.07) is 16.8. The molecule has 1 saturated heterocycles. The second-order valence-corrected chi connectivity index (χ2v) is 6.11. The van der Waals surface area contributed by atoms with Crippen molar-refractivity contribution >= 4 is 5.97 Å². The first-order valence-electron chi connectivity index (χ1n) is 8.46. The molecular weight excluding hydrogens is 302 g/mol. The average molecular weight is 325 g/mol. The van der Waals surface area contributed by atoms with E-state index in [2.05, 4.69) is 5.32 Å². The minimum atomic E-state index is -0.318. The first-order chi connectivity index (χ1) is 11.8. The number of rotatable bonds is 6. The summed E-state index contributed by atoms with van der Waals surface area (Å²) in [7, 11) is 0. The largest absolute Gasteiger partial charge is 0.493 e. The van der Waals surface area contributed by atoms with Crippen LogP contribution >= 0.6 is 0 Å². The van der Waals surface area contributed by atoms with E-state index in [1.807, 2.05) is 42.5 Å². The Morgan fingerprint density at radius 2 is 1.88 bits per heavy atom. The van der Waals surface area contributed by atoms with Gasteiger partial charge >= 0.3 is 5.97 Å². The van der Waals surface area contributed by atoms with Crippen LogP contribution in [-0.2, 0) is 11.3 Å². The third-order valence-electron chi connectivity index (χ3n) is 4.19. The number of nitrogens with one attached hydrogen (secondary N) is 1. The Bertz CT molecular complexity index is 634. The molecule has 1 fully saturated rings. The van der Waals surface area contributed by atoms with Gasteiger partial charge in [-0.15, -0.1) is 0 Å². The lowest BCUT2D eigenvalue weighted by atomic mass is 10.0. The number of benzene rings is 2. The summed E-state index contributed by atoms with van der Waals surface area (Å²) >= 11 is 0. The maximum absolute atomic E-state index is 12.1. The van der Waals surface area contributed by atoms with Crippen molar-refractivity contribution in [1.29, 1.82) is 0 Å². The van der Waals surface area contributed by atoms with Crippen LogP contribution < -0.4 is 10.1 Å². The van der Waals surface area contributed by atoms with Crippen LogP contribution in [0.25, 0.3) is 0 Å². The lowest BCUT2D eigenvalue weighted by Gasteiger charge is -2.22. The van der Waals surface area contributed by atoms with E-state index in [0.717, 1.165) is 24.4 Å². The standard InChI is InChI=1S/C20H23NO3/c22-20(24-14-16-5-2-1-3-6-16)18-8-10-19(11-9-18)23-15-17-7-4-12-21-13-17/h1-3,5-6,8-11,17,21H,4,7,12-15H2/t17-/m1/s1. The van der Waals surface area contributed by atoms with Crippen molar-refractivity contribution in [3.63, 3.8) is 0 Å². The lowest BCUT2D eigenvalue weighted by molar-refractivity contribution is 0.0472. The molecule has 4 heteroatoms. The number of hydrogen-bond donors (Lipinski definition) is 1. The quantitative estimate of drug-likeness (QED) is 0.827. The molecule has 2 aromatic carbocycles. The summed E-state index contributed by atoms with van der Waals surface area (Å²) in [5, 5.41) is 3.38. The number of esters is 1. The second-order valence-electron chi connectivity index (χ2n) is 6.11. The van der Waals surface area contributed by atoms with Crippen molar-refractivity contribution < 1.29 is 14.3 Å². The molecule has 1 heterocycles. The van der Waals surface area contributed by atoms with E-state index in [1.165, 1.54) is 12.8 Å². The van der Waals surface area contributed by atoms with E-state index < -0.39 is 0 Å². The van der Waals surface area contributed by atoms with E-state index in [4.69, 9.17) is 9.47 Å². The third kappa shape index (κ3) is 4.83. The molecular formula is C20H23NO3. The molecule has 24 heavy (non-hydrogen) atoms. The summed E-state index contributed by atoms with van der Waals surface area (Å²) in [6.07, 6.45) is 2.41. The summed E-state index contributed by atoms with van der Waals surface area (Å²) in [4.78, 5) is 12.1. The summed E-state index contributed by atoms with van der Waals surface area (Å²) < 4.78 is 11.1. The van der Waals surface area contributed by atoms with Crippen molar-refractivity contribution in [2.75, 3.05) is 19.7 Å². The Morgan fingerprint density at radius 1 is 1.08 bits per heavy atom. The molecule has 0 aliphatic carbocycles. The van der Waals surface area contributed by atoms with Gasteiger partial charge in [0.2, 0.25) is 0 Å². The molecule has 0 bridgehead atoms. The molecule has 0 amide bonds. The summed E-state index contributed by atoms with van der Waals surface area (Å²) in [5.41, 5.74) is 1.52. The van der Waals surface area contributed by atoms with Crippen LogP contribution in [0.5, 0.6) is 5.75 Å². The fraction of sp³-hybridized carbons (Fsp3) is 0.350. The van der Waals surface area contributed by atoms with Crippen molar-refractivity contribution in [1.82, 2.24) is 5.32 Å². The highest BCUT2D eigenvalue weighted by atomic mass is 16.5. The molecule has 0 unspecified atom stereocenters. The monoisotopic (exact) mass is 325 g/mol. The number of carbonyl (C=O) groups excluding carboxylic acids is 1. The van der Waals surface area contributed by atoms with E-state index in [1.54, 1.807) is 12.1 Å². The molecule has 0 aromatic heterocycles. The summed E-state index contributed by atoms with van der Waals surface area (Å²) in [6.45, 7) is 3.12. The Hall–Kier alpha value is -2.33. The molecule has 1 aliphatic heterocycles. The smallest absolute Gasteiger partial charge is 0.338 e. The Balaban J connectivity index is 1.47. The zero-order chi connectivity index (χ0) is 16.6. The molecule has 1 aliphatic rings. The van der Waals surface area contributed by atoms with E-state index in [9.17, 15) is 4.79 Å². The molecule has 1 N–H and O–H groups in total. The summed E-state index contributed by atoms with van der Waals surface area (Å²) in [5.74, 6) is 1.04. The van der Waals surface area contributed by atoms with Gasteiger partial charge in [-0.05, 0) is 49.2 Å².